The first-order valence-electron chi connectivity index (χ1n) is 7.95. The highest BCUT2D eigenvalue weighted by Crippen LogP contribution is 2.23. The molecule has 0 aliphatic rings. The van der Waals surface area contributed by atoms with E-state index in [0.717, 1.165) is 25.3 Å². The van der Waals surface area contributed by atoms with E-state index in [0.29, 0.717) is 11.8 Å². The van der Waals surface area contributed by atoms with Crippen molar-refractivity contribution in [2.45, 2.75) is 34.2 Å². The predicted molar refractivity (Wildman–Crippen MR) is 93.3 cm³/mol. The summed E-state index contributed by atoms with van der Waals surface area (Å²) in [6.07, 6.45) is 0. The number of benzene rings is 2. The van der Waals surface area contributed by atoms with Crippen molar-refractivity contribution in [3.8, 4) is 0 Å². The summed E-state index contributed by atoms with van der Waals surface area (Å²) in [7, 11) is 0. The fraction of sp³-hybridized carbons (Fsp3) is 0.474. The number of rotatable bonds is 6. The number of nitrogens with two attached hydrogens (primary N) is 1. The molecule has 0 amide bonds. The van der Waals surface area contributed by atoms with Gasteiger partial charge in [-0.3, -0.25) is 4.90 Å². The van der Waals surface area contributed by atoms with E-state index in [9.17, 15) is 0 Å². The summed E-state index contributed by atoms with van der Waals surface area (Å²) in [6, 6.07) is 12.8. The lowest BCUT2D eigenvalue weighted by Gasteiger charge is -2.26. The summed E-state index contributed by atoms with van der Waals surface area (Å²) in [5.41, 5.74) is 8.42. The van der Waals surface area contributed by atoms with E-state index in [4.69, 9.17) is 5.73 Å². The van der Waals surface area contributed by atoms with Crippen LogP contribution in [0.15, 0.2) is 36.4 Å². The maximum atomic E-state index is 6.27. The summed E-state index contributed by atoms with van der Waals surface area (Å²) in [6.45, 7) is 12.3. The molecule has 0 saturated heterocycles. The Bertz CT molecular complexity index is 577. The van der Waals surface area contributed by atoms with Crippen molar-refractivity contribution in [1.82, 2.24) is 4.90 Å². The Hall–Kier alpha value is -1.54. The van der Waals surface area contributed by atoms with E-state index in [1.165, 1.54) is 16.3 Å². The van der Waals surface area contributed by atoms with Gasteiger partial charge in [0.05, 0.1) is 0 Å². The summed E-state index contributed by atoms with van der Waals surface area (Å²) in [5.74, 6) is 1.34. The summed E-state index contributed by atoms with van der Waals surface area (Å²) >= 11 is 0. The Morgan fingerprint density at radius 3 is 1.95 bits per heavy atom. The lowest BCUT2D eigenvalue weighted by atomic mass is 10.0. The molecule has 0 fully saturated rings. The topological polar surface area (TPSA) is 29.3 Å². The smallest absolute Gasteiger partial charge is 0.0366 e. The Kier molecular flexibility index (Phi) is 5.24. The third kappa shape index (κ3) is 4.47. The van der Waals surface area contributed by atoms with Crippen LogP contribution in [0.1, 0.15) is 33.3 Å². The van der Waals surface area contributed by atoms with Crippen LogP contribution in [0.2, 0.25) is 0 Å². The molecule has 0 radical (unpaired) electrons. The van der Waals surface area contributed by atoms with Gasteiger partial charge in [-0.2, -0.15) is 0 Å². The predicted octanol–water partition coefficient (Wildman–Crippen LogP) is 4.54. The van der Waals surface area contributed by atoms with Crippen molar-refractivity contribution < 1.29 is 0 Å². The van der Waals surface area contributed by atoms with Crippen LogP contribution in [0, 0.1) is 11.8 Å². The van der Waals surface area contributed by atoms with Gasteiger partial charge in [0.25, 0.3) is 0 Å². The molecule has 114 valence electrons. The molecule has 2 aromatic carbocycles. The molecule has 0 saturated carbocycles. The second-order valence-corrected chi connectivity index (χ2v) is 6.88. The minimum Gasteiger partial charge on any atom is -0.398 e. The second-order valence-electron chi connectivity index (χ2n) is 6.88. The molecule has 2 N–H and O–H groups in total. The number of hydrogen-bond donors (Lipinski definition) is 1. The molecule has 0 aliphatic heterocycles. The van der Waals surface area contributed by atoms with E-state index in [-0.39, 0.29) is 0 Å². The minimum absolute atomic E-state index is 0.672. The maximum Gasteiger partial charge on any atom is 0.0366 e. The Balaban J connectivity index is 2.24. The number of hydrogen-bond acceptors (Lipinski definition) is 2. The standard InChI is InChI=1S/C19H28N2/c1-14(2)11-21(12-15(3)4)13-18-9-16-7-5-6-8-17(16)10-19(18)20/h5-10,14-15H,11-13,20H2,1-4H3. The van der Waals surface area contributed by atoms with E-state index in [1.54, 1.807) is 0 Å². The first-order chi connectivity index (χ1) is 9.95. The molecule has 21 heavy (non-hydrogen) atoms. The molecule has 2 rings (SSSR count). The van der Waals surface area contributed by atoms with Crippen LogP contribution in [0.4, 0.5) is 5.69 Å². The van der Waals surface area contributed by atoms with E-state index < -0.39 is 0 Å². The minimum atomic E-state index is 0.672. The lowest BCUT2D eigenvalue weighted by Crippen LogP contribution is -2.31. The van der Waals surface area contributed by atoms with Crippen molar-refractivity contribution >= 4 is 16.5 Å². The second kappa shape index (κ2) is 6.95. The van der Waals surface area contributed by atoms with Crippen molar-refractivity contribution in [2.24, 2.45) is 11.8 Å². The molecular weight excluding hydrogens is 256 g/mol. The van der Waals surface area contributed by atoms with Crippen LogP contribution in [-0.4, -0.2) is 18.0 Å². The Morgan fingerprint density at radius 1 is 0.905 bits per heavy atom. The van der Waals surface area contributed by atoms with Crippen LogP contribution in [0.5, 0.6) is 0 Å². The van der Waals surface area contributed by atoms with E-state index in [2.05, 4.69) is 69.0 Å². The monoisotopic (exact) mass is 284 g/mol. The molecular formula is C19H28N2. The van der Waals surface area contributed by atoms with Crippen LogP contribution >= 0.6 is 0 Å². The van der Waals surface area contributed by atoms with Crippen LogP contribution in [-0.2, 0) is 6.54 Å². The number of nitrogens with zero attached hydrogens (tertiary/aromatic N) is 1. The van der Waals surface area contributed by atoms with Gasteiger partial charge in [0, 0.05) is 25.3 Å². The fourth-order valence-electron chi connectivity index (χ4n) is 2.92. The van der Waals surface area contributed by atoms with E-state index in [1.807, 2.05) is 0 Å². The van der Waals surface area contributed by atoms with Gasteiger partial charge in [-0.15, -0.1) is 0 Å². The average molecular weight is 284 g/mol. The van der Waals surface area contributed by atoms with Gasteiger partial charge in [0.15, 0.2) is 0 Å². The van der Waals surface area contributed by atoms with Gasteiger partial charge < -0.3 is 5.73 Å². The summed E-state index contributed by atoms with van der Waals surface area (Å²) in [4.78, 5) is 2.52. The number of nitrogen functional groups attached to an aromatic ring is 1. The Labute approximate surface area is 128 Å². The van der Waals surface area contributed by atoms with Gasteiger partial charge in [0.1, 0.15) is 0 Å². The van der Waals surface area contributed by atoms with Crippen molar-refractivity contribution in [3.63, 3.8) is 0 Å². The Morgan fingerprint density at radius 2 is 1.43 bits per heavy atom. The van der Waals surface area contributed by atoms with Crippen molar-refractivity contribution in [3.05, 3.63) is 42.0 Å². The van der Waals surface area contributed by atoms with Crippen molar-refractivity contribution in [1.29, 1.82) is 0 Å². The average Bonchev–Trinajstić information content (AvgIpc) is 2.38. The quantitative estimate of drug-likeness (QED) is 0.789. The first-order valence-corrected chi connectivity index (χ1v) is 7.95. The summed E-state index contributed by atoms with van der Waals surface area (Å²) < 4.78 is 0. The zero-order chi connectivity index (χ0) is 15.4. The molecule has 0 aliphatic carbocycles. The third-order valence-electron chi connectivity index (χ3n) is 3.65. The number of fused-ring (bicyclic) bond motifs is 1. The fourth-order valence-corrected chi connectivity index (χ4v) is 2.92. The highest BCUT2D eigenvalue weighted by atomic mass is 15.1. The third-order valence-corrected chi connectivity index (χ3v) is 3.65. The molecule has 0 atom stereocenters. The van der Waals surface area contributed by atoms with E-state index >= 15 is 0 Å². The van der Waals surface area contributed by atoms with Crippen LogP contribution in [0.3, 0.4) is 0 Å². The molecule has 0 bridgehead atoms. The molecule has 0 aromatic heterocycles. The highest BCUT2D eigenvalue weighted by molar-refractivity contribution is 5.86. The molecule has 2 aromatic rings. The van der Waals surface area contributed by atoms with Gasteiger partial charge in [-0.05, 0) is 40.3 Å². The summed E-state index contributed by atoms with van der Waals surface area (Å²) in [5, 5.41) is 2.49. The van der Waals surface area contributed by atoms with Crippen LogP contribution in [0.25, 0.3) is 10.8 Å². The molecule has 2 heteroatoms. The zero-order valence-electron chi connectivity index (χ0n) is 13.8. The molecule has 0 heterocycles. The van der Waals surface area contributed by atoms with Crippen LogP contribution < -0.4 is 5.73 Å². The zero-order valence-corrected chi connectivity index (χ0v) is 13.8. The molecule has 0 unspecified atom stereocenters. The maximum absolute atomic E-state index is 6.27. The lowest BCUT2D eigenvalue weighted by molar-refractivity contribution is 0.212. The SMILES string of the molecule is CC(C)CN(Cc1cc2ccccc2cc1N)CC(C)C. The highest BCUT2D eigenvalue weighted by Gasteiger charge is 2.12. The molecule has 0 spiro atoms. The normalized spacial score (nSPS) is 12.0. The molecule has 2 nitrogen and oxygen atoms in total. The van der Waals surface area contributed by atoms with Gasteiger partial charge in [0.2, 0.25) is 0 Å². The largest absolute Gasteiger partial charge is 0.398 e. The van der Waals surface area contributed by atoms with Gasteiger partial charge in [-0.25, -0.2) is 0 Å². The van der Waals surface area contributed by atoms with Crippen molar-refractivity contribution in [2.75, 3.05) is 18.8 Å². The number of anilines is 1. The first kappa shape index (κ1) is 15.8. The van der Waals surface area contributed by atoms with Gasteiger partial charge in [-0.1, -0.05) is 52.0 Å². The van der Waals surface area contributed by atoms with Gasteiger partial charge >= 0.3 is 0 Å².